The fraction of sp³-hybridized carbons (Fsp3) is 0.714. The van der Waals surface area contributed by atoms with Crippen LogP contribution in [0.5, 0.6) is 0 Å². The van der Waals surface area contributed by atoms with Crippen LogP contribution in [0.4, 0.5) is 0 Å². The van der Waals surface area contributed by atoms with Gasteiger partial charge in [0.1, 0.15) is 29.2 Å². The Morgan fingerprint density at radius 1 is 1.03 bits per heavy atom. The van der Waals surface area contributed by atoms with Gasteiger partial charge in [0, 0.05) is 28.9 Å². The standard InChI is InChI=1S/C28H42O8/c1-11-28(34)18(8)24(32)16(6)26(19(28)9)36-27(33)17(7)23(31)13(3)22(30)15(5)25-14(4)21(29)12(2)20(10)35-25/h13,15-19,23,26,31,34H,11H2,1-10H3/t13-,15-,16+,17-,18+,19-,23-,26-,28+/m0/s1. The van der Waals surface area contributed by atoms with E-state index in [1.165, 1.54) is 13.8 Å². The molecule has 0 spiro atoms. The summed E-state index contributed by atoms with van der Waals surface area (Å²) in [5, 5.41) is 22.0. The number of carbonyl (C=O) groups is 3. The molecule has 1 aromatic rings. The lowest BCUT2D eigenvalue weighted by Crippen LogP contribution is -2.60. The molecule has 2 rings (SSSR count). The van der Waals surface area contributed by atoms with Crippen molar-refractivity contribution in [2.24, 2.45) is 29.6 Å². The van der Waals surface area contributed by atoms with E-state index in [-0.39, 0.29) is 22.8 Å². The second-order valence-electron chi connectivity index (χ2n) is 10.7. The van der Waals surface area contributed by atoms with Crippen LogP contribution in [0.3, 0.4) is 0 Å². The molecule has 0 saturated heterocycles. The molecule has 1 aliphatic carbocycles. The first-order valence-electron chi connectivity index (χ1n) is 12.8. The summed E-state index contributed by atoms with van der Waals surface area (Å²) in [6, 6.07) is 0. The van der Waals surface area contributed by atoms with Crippen LogP contribution in [0.2, 0.25) is 0 Å². The fourth-order valence-electron chi connectivity index (χ4n) is 5.54. The molecule has 0 amide bonds. The molecule has 0 aliphatic heterocycles. The lowest BCUT2D eigenvalue weighted by atomic mass is 9.63. The predicted octanol–water partition coefficient (Wildman–Crippen LogP) is 3.41. The van der Waals surface area contributed by atoms with Gasteiger partial charge in [-0.25, -0.2) is 0 Å². The number of aliphatic hydroxyl groups excluding tert-OH is 1. The molecule has 1 heterocycles. The van der Waals surface area contributed by atoms with Gasteiger partial charge in [0.05, 0.1) is 29.5 Å². The summed E-state index contributed by atoms with van der Waals surface area (Å²) in [4.78, 5) is 51.5. The summed E-state index contributed by atoms with van der Waals surface area (Å²) in [5.41, 5.74) is -0.668. The van der Waals surface area contributed by atoms with Crippen molar-refractivity contribution in [3.8, 4) is 0 Å². The van der Waals surface area contributed by atoms with Crippen molar-refractivity contribution in [3.63, 3.8) is 0 Å². The van der Waals surface area contributed by atoms with E-state index in [1.54, 1.807) is 55.4 Å². The molecule has 2 N–H and O–H groups in total. The van der Waals surface area contributed by atoms with Gasteiger partial charge in [0.15, 0.2) is 5.43 Å². The molecule has 1 fully saturated rings. The maximum absolute atomic E-state index is 13.2. The van der Waals surface area contributed by atoms with Gasteiger partial charge in [-0.15, -0.1) is 0 Å². The molecule has 202 valence electrons. The molecule has 36 heavy (non-hydrogen) atoms. The Hall–Kier alpha value is -2.32. The number of rotatable bonds is 8. The molecule has 9 atom stereocenters. The number of esters is 1. The minimum Gasteiger partial charge on any atom is -0.465 e. The van der Waals surface area contributed by atoms with E-state index in [0.29, 0.717) is 23.3 Å². The first-order valence-corrected chi connectivity index (χ1v) is 12.8. The molecule has 8 nitrogen and oxygen atoms in total. The second-order valence-corrected chi connectivity index (χ2v) is 10.7. The number of ether oxygens (including phenoxy) is 1. The van der Waals surface area contributed by atoms with E-state index in [1.807, 2.05) is 0 Å². The van der Waals surface area contributed by atoms with Gasteiger partial charge in [-0.2, -0.15) is 0 Å². The molecule has 1 aromatic heterocycles. The highest BCUT2D eigenvalue weighted by atomic mass is 16.5. The highest BCUT2D eigenvalue weighted by Gasteiger charge is 2.54. The van der Waals surface area contributed by atoms with E-state index in [9.17, 15) is 29.4 Å². The zero-order chi connectivity index (χ0) is 27.9. The van der Waals surface area contributed by atoms with Gasteiger partial charge in [-0.1, -0.05) is 34.6 Å². The second kappa shape index (κ2) is 11.0. The Bertz CT molecular complexity index is 1070. The molecule has 0 unspecified atom stereocenters. The van der Waals surface area contributed by atoms with Crippen LogP contribution in [-0.2, 0) is 19.1 Å². The number of hydrogen-bond donors (Lipinski definition) is 2. The minimum atomic E-state index is -1.36. The normalized spacial score (nSPS) is 29.8. The lowest BCUT2D eigenvalue weighted by Gasteiger charge is -2.48. The van der Waals surface area contributed by atoms with Crippen molar-refractivity contribution in [2.75, 3.05) is 0 Å². The van der Waals surface area contributed by atoms with Crippen LogP contribution in [0.25, 0.3) is 0 Å². The third-order valence-electron chi connectivity index (χ3n) is 8.73. The van der Waals surface area contributed by atoms with Gasteiger partial charge in [-0.3, -0.25) is 19.2 Å². The zero-order valence-corrected chi connectivity index (χ0v) is 23.2. The Labute approximate surface area is 213 Å². The van der Waals surface area contributed by atoms with Crippen LogP contribution in [0, 0.1) is 50.4 Å². The number of aryl methyl sites for hydroxylation is 1. The highest BCUT2D eigenvalue weighted by molar-refractivity contribution is 5.88. The van der Waals surface area contributed by atoms with Gasteiger partial charge in [-0.05, 0) is 41.0 Å². The van der Waals surface area contributed by atoms with E-state index in [0.717, 1.165) is 0 Å². The lowest BCUT2D eigenvalue weighted by molar-refractivity contribution is -0.190. The highest BCUT2D eigenvalue weighted by Crippen LogP contribution is 2.42. The van der Waals surface area contributed by atoms with E-state index >= 15 is 0 Å². The van der Waals surface area contributed by atoms with Gasteiger partial charge in [0.25, 0.3) is 0 Å². The maximum atomic E-state index is 13.2. The smallest absolute Gasteiger partial charge is 0.311 e. The Balaban J connectivity index is 2.20. The van der Waals surface area contributed by atoms with Crippen LogP contribution in [-0.4, -0.2) is 45.6 Å². The van der Waals surface area contributed by atoms with Crippen molar-refractivity contribution in [3.05, 3.63) is 32.9 Å². The number of hydrogen-bond acceptors (Lipinski definition) is 8. The molecule has 0 aromatic carbocycles. The number of ketones is 2. The number of Topliss-reactive ketones (excluding diaryl/α,β-unsaturated/α-hetero) is 2. The Morgan fingerprint density at radius 2 is 1.58 bits per heavy atom. The summed E-state index contributed by atoms with van der Waals surface area (Å²) in [7, 11) is 0. The molecule has 0 radical (unpaired) electrons. The summed E-state index contributed by atoms with van der Waals surface area (Å²) in [6.45, 7) is 16.4. The third kappa shape index (κ3) is 5.07. The number of carbonyl (C=O) groups excluding carboxylic acids is 3. The molecular formula is C28H42O8. The summed E-state index contributed by atoms with van der Waals surface area (Å²) >= 11 is 0. The van der Waals surface area contributed by atoms with E-state index in [4.69, 9.17) is 9.15 Å². The average Bonchev–Trinajstić information content (AvgIpc) is 2.87. The Morgan fingerprint density at radius 3 is 2.11 bits per heavy atom. The van der Waals surface area contributed by atoms with Crippen molar-refractivity contribution in [1.29, 1.82) is 0 Å². The van der Waals surface area contributed by atoms with Crippen LogP contribution in [0.15, 0.2) is 9.21 Å². The predicted molar refractivity (Wildman–Crippen MR) is 135 cm³/mol. The first-order chi connectivity index (χ1) is 16.5. The molecule has 0 bridgehead atoms. The van der Waals surface area contributed by atoms with Crippen molar-refractivity contribution >= 4 is 17.5 Å². The maximum Gasteiger partial charge on any atom is 0.311 e. The molecule has 1 saturated carbocycles. The monoisotopic (exact) mass is 506 g/mol. The summed E-state index contributed by atoms with van der Waals surface area (Å²) in [6.07, 6.45) is -1.88. The van der Waals surface area contributed by atoms with Crippen LogP contribution >= 0.6 is 0 Å². The topological polar surface area (TPSA) is 131 Å². The summed E-state index contributed by atoms with van der Waals surface area (Å²) < 4.78 is 11.5. The van der Waals surface area contributed by atoms with E-state index < -0.39 is 59.3 Å². The van der Waals surface area contributed by atoms with E-state index in [2.05, 4.69) is 0 Å². The van der Waals surface area contributed by atoms with Crippen LogP contribution in [0.1, 0.15) is 83.5 Å². The van der Waals surface area contributed by atoms with Crippen molar-refractivity contribution in [2.45, 2.75) is 99.4 Å². The molecule has 8 heteroatoms. The Kier molecular flexibility index (Phi) is 9.11. The van der Waals surface area contributed by atoms with Crippen molar-refractivity contribution in [1.82, 2.24) is 0 Å². The molecular weight excluding hydrogens is 464 g/mol. The average molecular weight is 507 g/mol. The minimum absolute atomic E-state index is 0.175. The third-order valence-corrected chi connectivity index (χ3v) is 8.73. The number of aliphatic hydroxyl groups is 2. The fourth-order valence-corrected chi connectivity index (χ4v) is 5.54. The van der Waals surface area contributed by atoms with Crippen LogP contribution < -0.4 is 5.43 Å². The zero-order valence-electron chi connectivity index (χ0n) is 23.2. The van der Waals surface area contributed by atoms with Gasteiger partial charge >= 0.3 is 5.97 Å². The quantitative estimate of drug-likeness (QED) is 0.513. The van der Waals surface area contributed by atoms with Gasteiger partial charge < -0.3 is 19.4 Å². The van der Waals surface area contributed by atoms with Gasteiger partial charge in [0.2, 0.25) is 0 Å². The first kappa shape index (κ1) is 29.9. The molecule has 1 aliphatic rings. The van der Waals surface area contributed by atoms with Crippen molar-refractivity contribution < 1.29 is 33.8 Å². The summed E-state index contributed by atoms with van der Waals surface area (Å²) in [5.74, 6) is -5.12. The SMILES string of the molecule is CC[C@@]1(O)[C@H](C)C(=O)[C@@H](C)[C@H](OC(=O)[C@@H](C)[C@@H](O)[C@@H](C)C(=O)[C@H](C)c2oc(C)c(C)c(=O)c2C)[C@@H]1C. The largest absolute Gasteiger partial charge is 0.465 e.